The summed E-state index contributed by atoms with van der Waals surface area (Å²) in [7, 11) is 0.00490. The first-order valence-corrected chi connectivity index (χ1v) is 14.0. The molecule has 0 unspecified atom stereocenters. The molecule has 5 heteroatoms. The standard InChI is InChI=1S/C25H43NO3Si/c1-19(15-16-29-30(9,10)25(5,6)7)17-20-11-13-21(14-12-20)22(27)18-26(8)23(28)24(2,3)4/h11-14,19H,15-18H2,1-10H3/t19-/m1/s1. The molecule has 0 aliphatic heterocycles. The summed E-state index contributed by atoms with van der Waals surface area (Å²) in [6.45, 7) is 20.1. The van der Waals surface area contributed by atoms with Gasteiger partial charge in [-0.1, -0.05) is 72.7 Å². The van der Waals surface area contributed by atoms with E-state index in [1.54, 1.807) is 7.05 Å². The van der Waals surface area contributed by atoms with Crippen LogP contribution in [0.1, 0.15) is 70.8 Å². The van der Waals surface area contributed by atoms with Crippen LogP contribution < -0.4 is 0 Å². The predicted octanol–water partition coefficient (Wildman–Crippen LogP) is 5.96. The van der Waals surface area contributed by atoms with Crippen molar-refractivity contribution in [1.82, 2.24) is 4.90 Å². The zero-order valence-corrected chi connectivity index (χ0v) is 21.9. The normalized spacial score (nSPS) is 13.8. The van der Waals surface area contributed by atoms with Crippen molar-refractivity contribution in [3.8, 4) is 0 Å². The van der Waals surface area contributed by atoms with Gasteiger partial charge in [0, 0.05) is 24.6 Å². The maximum absolute atomic E-state index is 12.5. The summed E-state index contributed by atoms with van der Waals surface area (Å²) in [5, 5.41) is 0.240. The van der Waals surface area contributed by atoms with E-state index >= 15 is 0 Å². The molecule has 0 heterocycles. The van der Waals surface area contributed by atoms with Crippen molar-refractivity contribution in [3.05, 3.63) is 35.4 Å². The van der Waals surface area contributed by atoms with Gasteiger partial charge in [-0.15, -0.1) is 0 Å². The predicted molar refractivity (Wildman–Crippen MR) is 128 cm³/mol. The highest BCUT2D eigenvalue weighted by atomic mass is 28.4. The second kappa shape index (κ2) is 10.2. The molecule has 30 heavy (non-hydrogen) atoms. The molecule has 0 radical (unpaired) electrons. The smallest absolute Gasteiger partial charge is 0.228 e. The first-order chi connectivity index (χ1) is 13.5. The Kier molecular flexibility index (Phi) is 9.06. The van der Waals surface area contributed by atoms with E-state index in [9.17, 15) is 9.59 Å². The third kappa shape index (κ3) is 7.99. The molecule has 4 nitrogen and oxygen atoms in total. The van der Waals surface area contributed by atoms with Gasteiger partial charge >= 0.3 is 0 Å². The number of amides is 1. The molecular weight excluding hydrogens is 390 g/mol. The average Bonchev–Trinajstić information content (AvgIpc) is 2.59. The Morgan fingerprint density at radius 2 is 1.57 bits per heavy atom. The molecule has 0 aliphatic carbocycles. The Labute approximate surface area is 185 Å². The van der Waals surface area contributed by atoms with Gasteiger partial charge in [-0.2, -0.15) is 0 Å². The quantitative estimate of drug-likeness (QED) is 0.356. The Morgan fingerprint density at radius 3 is 2.03 bits per heavy atom. The van der Waals surface area contributed by atoms with E-state index in [1.807, 2.05) is 45.0 Å². The van der Waals surface area contributed by atoms with E-state index < -0.39 is 13.7 Å². The molecule has 1 amide bonds. The fourth-order valence-corrected chi connectivity index (χ4v) is 4.08. The minimum Gasteiger partial charge on any atom is -0.417 e. The topological polar surface area (TPSA) is 46.6 Å². The third-order valence-electron chi connectivity index (χ3n) is 6.11. The first-order valence-electron chi connectivity index (χ1n) is 11.1. The molecule has 0 fully saturated rings. The van der Waals surface area contributed by atoms with Gasteiger partial charge in [0.15, 0.2) is 14.1 Å². The second-order valence-electron chi connectivity index (χ2n) is 11.2. The lowest BCUT2D eigenvalue weighted by molar-refractivity contribution is -0.137. The molecule has 0 saturated carbocycles. The van der Waals surface area contributed by atoms with Gasteiger partial charge in [-0.25, -0.2) is 0 Å². The molecule has 1 aromatic rings. The molecule has 1 rings (SSSR count). The van der Waals surface area contributed by atoms with E-state index in [-0.39, 0.29) is 23.3 Å². The van der Waals surface area contributed by atoms with Crippen molar-refractivity contribution in [2.75, 3.05) is 20.2 Å². The second-order valence-corrected chi connectivity index (χ2v) is 16.0. The van der Waals surface area contributed by atoms with Crippen molar-refractivity contribution in [3.63, 3.8) is 0 Å². The van der Waals surface area contributed by atoms with E-state index in [0.29, 0.717) is 11.5 Å². The van der Waals surface area contributed by atoms with Gasteiger partial charge in [0.1, 0.15) is 0 Å². The molecule has 1 atom stereocenters. The van der Waals surface area contributed by atoms with Gasteiger partial charge in [-0.05, 0) is 42.5 Å². The van der Waals surface area contributed by atoms with Crippen LogP contribution in [0.5, 0.6) is 0 Å². The SMILES string of the molecule is C[C@H](CCO[Si](C)(C)C(C)(C)C)Cc1ccc(C(=O)CN(C)C(=O)C(C)(C)C)cc1. The van der Waals surface area contributed by atoms with Gasteiger partial charge in [0.25, 0.3) is 0 Å². The summed E-state index contributed by atoms with van der Waals surface area (Å²) in [6.07, 6.45) is 2.00. The summed E-state index contributed by atoms with van der Waals surface area (Å²) in [5.74, 6) is 0.463. The molecule has 0 bridgehead atoms. The van der Waals surface area contributed by atoms with Crippen LogP contribution in [0.15, 0.2) is 24.3 Å². The summed E-state index contributed by atoms with van der Waals surface area (Å²) >= 11 is 0. The highest BCUT2D eigenvalue weighted by Crippen LogP contribution is 2.36. The summed E-state index contributed by atoms with van der Waals surface area (Å²) in [5.41, 5.74) is 1.40. The molecule has 0 N–H and O–H groups in total. The summed E-state index contributed by atoms with van der Waals surface area (Å²) in [4.78, 5) is 26.3. The van der Waals surface area contributed by atoms with Crippen LogP contribution in [0.2, 0.25) is 18.1 Å². The Bertz CT molecular complexity index is 711. The minimum absolute atomic E-state index is 0.0267. The zero-order chi connectivity index (χ0) is 23.3. The number of carbonyl (C=O) groups excluding carboxylic acids is 2. The molecule has 0 saturated heterocycles. The highest BCUT2D eigenvalue weighted by molar-refractivity contribution is 6.74. The van der Waals surface area contributed by atoms with Crippen LogP contribution in [0, 0.1) is 11.3 Å². The van der Waals surface area contributed by atoms with E-state index in [1.165, 1.54) is 10.5 Å². The number of ketones is 1. The lowest BCUT2D eigenvalue weighted by Gasteiger charge is -2.36. The molecule has 0 aromatic heterocycles. The lowest BCUT2D eigenvalue weighted by Crippen LogP contribution is -2.41. The Morgan fingerprint density at radius 1 is 1.03 bits per heavy atom. The largest absolute Gasteiger partial charge is 0.417 e. The van der Waals surface area contributed by atoms with Crippen LogP contribution >= 0.6 is 0 Å². The van der Waals surface area contributed by atoms with Gasteiger partial charge in [-0.3, -0.25) is 9.59 Å². The molecular formula is C25H43NO3Si. The number of nitrogens with zero attached hydrogens (tertiary/aromatic N) is 1. The number of rotatable bonds is 9. The molecule has 0 aliphatic rings. The summed E-state index contributed by atoms with van der Waals surface area (Å²) in [6, 6.07) is 7.83. The van der Waals surface area contributed by atoms with Crippen LogP contribution in [0.3, 0.4) is 0 Å². The fourth-order valence-electron chi connectivity index (χ4n) is 3.01. The van der Waals surface area contributed by atoms with E-state index in [2.05, 4.69) is 40.8 Å². The number of benzene rings is 1. The number of Topliss-reactive ketones (excluding diaryl/α,β-unsaturated/α-hetero) is 1. The average molecular weight is 434 g/mol. The van der Waals surface area contributed by atoms with Gasteiger partial charge in [0.2, 0.25) is 5.91 Å². The van der Waals surface area contributed by atoms with Crippen LogP contribution in [0.4, 0.5) is 0 Å². The minimum atomic E-state index is -1.68. The monoisotopic (exact) mass is 433 g/mol. The number of carbonyl (C=O) groups is 2. The van der Waals surface area contributed by atoms with Gasteiger partial charge < -0.3 is 9.33 Å². The van der Waals surface area contributed by atoms with Crippen molar-refractivity contribution < 1.29 is 14.0 Å². The third-order valence-corrected chi connectivity index (χ3v) is 10.6. The Hall–Kier alpha value is -1.46. The lowest BCUT2D eigenvalue weighted by atomic mass is 9.94. The van der Waals surface area contributed by atoms with Crippen LogP contribution in [-0.4, -0.2) is 45.1 Å². The molecule has 170 valence electrons. The number of hydrogen-bond acceptors (Lipinski definition) is 3. The van der Waals surface area contributed by atoms with Crippen LogP contribution in [0.25, 0.3) is 0 Å². The van der Waals surface area contributed by atoms with Crippen molar-refractivity contribution in [2.45, 2.75) is 79.4 Å². The maximum Gasteiger partial charge on any atom is 0.228 e. The van der Waals surface area contributed by atoms with E-state index in [0.717, 1.165) is 19.4 Å². The fraction of sp³-hybridized carbons (Fsp3) is 0.680. The van der Waals surface area contributed by atoms with Crippen molar-refractivity contribution in [1.29, 1.82) is 0 Å². The van der Waals surface area contributed by atoms with Gasteiger partial charge in [0.05, 0.1) is 6.54 Å². The Balaban J connectivity index is 2.56. The summed E-state index contributed by atoms with van der Waals surface area (Å²) < 4.78 is 6.29. The van der Waals surface area contributed by atoms with Crippen molar-refractivity contribution in [2.24, 2.45) is 11.3 Å². The van der Waals surface area contributed by atoms with Crippen LogP contribution in [-0.2, 0) is 15.6 Å². The number of hydrogen-bond donors (Lipinski definition) is 0. The number of likely N-dealkylation sites (N-methyl/N-ethyl adjacent to an activating group) is 1. The maximum atomic E-state index is 12.5. The molecule has 1 aromatic carbocycles. The molecule has 0 spiro atoms. The highest BCUT2D eigenvalue weighted by Gasteiger charge is 2.36. The first kappa shape index (κ1) is 26.6. The van der Waals surface area contributed by atoms with E-state index in [4.69, 9.17) is 4.43 Å². The van der Waals surface area contributed by atoms with Crippen molar-refractivity contribution >= 4 is 20.0 Å². The zero-order valence-electron chi connectivity index (χ0n) is 20.9.